The van der Waals surface area contributed by atoms with E-state index in [1.807, 2.05) is 0 Å². The highest BCUT2D eigenvalue weighted by molar-refractivity contribution is 5.88. The first kappa shape index (κ1) is 19.4. The molecule has 1 heterocycles. The number of ether oxygens (including phenoxy) is 1. The van der Waals surface area contributed by atoms with Crippen LogP contribution in [0.25, 0.3) is 5.69 Å². The van der Waals surface area contributed by atoms with E-state index in [1.165, 1.54) is 6.92 Å². The summed E-state index contributed by atoms with van der Waals surface area (Å²) in [5, 5.41) is 5.13. The molecule has 0 saturated heterocycles. The van der Waals surface area contributed by atoms with Gasteiger partial charge in [0.05, 0.1) is 18.0 Å². The van der Waals surface area contributed by atoms with Gasteiger partial charge in [0, 0.05) is 11.8 Å². The van der Waals surface area contributed by atoms with Crippen molar-refractivity contribution in [2.45, 2.75) is 19.3 Å². The number of nitrogens with one attached hydrogen (secondary N) is 1. The number of anilines is 2. The van der Waals surface area contributed by atoms with Gasteiger partial charge in [-0.3, -0.25) is 5.32 Å². The van der Waals surface area contributed by atoms with Crippen molar-refractivity contribution in [3.8, 4) is 5.69 Å². The van der Waals surface area contributed by atoms with Crippen LogP contribution in [0.5, 0.6) is 0 Å². The minimum absolute atomic E-state index is 0.0305. The largest absolute Gasteiger partial charge is 0.450 e. The number of hydrogen-bond acceptors (Lipinski definition) is 4. The van der Waals surface area contributed by atoms with Crippen LogP contribution in [0.4, 0.5) is 42.5 Å². The van der Waals surface area contributed by atoms with Crippen molar-refractivity contribution in [3.05, 3.63) is 35.7 Å². The zero-order valence-corrected chi connectivity index (χ0v) is 13.1. The smallest absolute Gasteiger partial charge is 0.435 e. The maximum atomic E-state index is 13.2. The molecule has 1 amide bonds. The molecule has 2 aromatic rings. The van der Waals surface area contributed by atoms with Crippen LogP contribution in [0.15, 0.2) is 24.3 Å². The lowest BCUT2D eigenvalue weighted by molar-refractivity contribution is -0.143. The quantitative estimate of drug-likeness (QED) is 0.620. The van der Waals surface area contributed by atoms with Gasteiger partial charge < -0.3 is 10.5 Å². The van der Waals surface area contributed by atoms with E-state index in [2.05, 4.69) is 15.2 Å². The van der Waals surface area contributed by atoms with Crippen LogP contribution < -0.4 is 11.1 Å². The van der Waals surface area contributed by atoms with Gasteiger partial charge in [-0.25, -0.2) is 9.48 Å². The second-order valence-electron chi connectivity index (χ2n) is 4.94. The number of nitrogen functional groups attached to an aromatic ring is 1. The van der Waals surface area contributed by atoms with E-state index in [4.69, 9.17) is 5.73 Å². The Kier molecular flexibility index (Phi) is 5.05. The molecule has 0 saturated carbocycles. The Bertz CT molecular complexity index is 813. The van der Waals surface area contributed by atoms with Crippen molar-refractivity contribution in [2.24, 2.45) is 0 Å². The number of hydrogen-bond donors (Lipinski definition) is 2. The van der Waals surface area contributed by atoms with E-state index >= 15 is 0 Å². The summed E-state index contributed by atoms with van der Waals surface area (Å²) in [6, 6.07) is 3.10. The molecule has 0 spiro atoms. The number of aromatic nitrogens is 2. The number of amides is 1. The monoisotopic (exact) mass is 382 g/mol. The Morgan fingerprint density at radius 3 is 2.38 bits per heavy atom. The molecule has 6 nitrogen and oxygen atoms in total. The highest BCUT2D eigenvalue weighted by Crippen LogP contribution is 2.37. The molecule has 3 N–H and O–H groups in total. The van der Waals surface area contributed by atoms with Gasteiger partial charge in [-0.1, -0.05) is 0 Å². The summed E-state index contributed by atoms with van der Waals surface area (Å²) in [5.74, 6) is 0. The summed E-state index contributed by atoms with van der Waals surface area (Å²) in [6.07, 6.45) is -11.2. The number of halogens is 6. The third-order valence-corrected chi connectivity index (χ3v) is 3.05. The molecule has 2 rings (SSSR count). The lowest BCUT2D eigenvalue weighted by Crippen LogP contribution is -2.18. The Balaban J connectivity index is 2.64. The number of nitrogens with zero attached hydrogens (tertiary/aromatic N) is 2. The van der Waals surface area contributed by atoms with Gasteiger partial charge in [0.25, 0.3) is 0 Å². The molecule has 12 heteroatoms. The SMILES string of the molecule is CCOC(=O)Nc1cc(N)ccc1-n1nc(C(F)(F)F)cc1C(F)(F)F. The van der Waals surface area contributed by atoms with Crippen molar-refractivity contribution >= 4 is 17.5 Å². The average molecular weight is 382 g/mol. The van der Waals surface area contributed by atoms with Crippen molar-refractivity contribution in [2.75, 3.05) is 17.7 Å². The zero-order chi connectivity index (χ0) is 19.7. The van der Waals surface area contributed by atoms with Crippen molar-refractivity contribution in [3.63, 3.8) is 0 Å². The predicted molar refractivity (Wildman–Crippen MR) is 78.6 cm³/mol. The molecule has 1 aromatic heterocycles. The Morgan fingerprint density at radius 1 is 1.19 bits per heavy atom. The highest BCUT2D eigenvalue weighted by Gasteiger charge is 2.42. The van der Waals surface area contributed by atoms with Gasteiger partial charge in [-0.2, -0.15) is 31.4 Å². The van der Waals surface area contributed by atoms with Crippen LogP contribution in [-0.2, 0) is 17.1 Å². The number of benzene rings is 1. The summed E-state index contributed by atoms with van der Waals surface area (Å²) in [6.45, 7) is 1.46. The summed E-state index contributed by atoms with van der Waals surface area (Å²) in [7, 11) is 0. The fraction of sp³-hybridized carbons (Fsp3) is 0.286. The predicted octanol–water partition coefficient (Wildman–Crippen LogP) is 4.06. The highest BCUT2D eigenvalue weighted by atomic mass is 19.4. The van der Waals surface area contributed by atoms with E-state index in [0.717, 1.165) is 18.2 Å². The average Bonchev–Trinajstić information content (AvgIpc) is 2.92. The summed E-state index contributed by atoms with van der Waals surface area (Å²) < 4.78 is 82.6. The normalized spacial score (nSPS) is 12.1. The van der Waals surface area contributed by atoms with Crippen molar-refractivity contribution in [1.82, 2.24) is 9.78 Å². The number of nitrogens with two attached hydrogens (primary N) is 1. The Morgan fingerprint density at radius 2 is 1.85 bits per heavy atom. The molecule has 0 unspecified atom stereocenters. The second kappa shape index (κ2) is 6.77. The molecule has 0 atom stereocenters. The second-order valence-corrected chi connectivity index (χ2v) is 4.94. The molecule has 142 valence electrons. The summed E-state index contributed by atoms with van der Waals surface area (Å²) >= 11 is 0. The fourth-order valence-corrected chi connectivity index (χ4v) is 2.02. The molecule has 0 aliphatic rings. The zero-order valence-electron chi connectivity index (χ0n) is 13.1. The van der Waals surface area contributed by atoms with E-state index in [9.17, 15) is 31.1 Å². The topological polar surface area (TPSA) is 82.2 Å². The van der Waals surface area contributed by atoms with E-state index in [1.54, 1.807) is 0 Å². The third kappa shape index (κ3) is 4.18. The van der Waals surface area contributed by atoms with Crippen molar-refractivity contribution in [1.29, 1.82) is 0 Å². The van der Waals surface area contributed by atoms with Crippen LogP contribution in [-0.4, -0.2) is 22.5 Å². The molecule has 0 aliphatic heterocycles. The molecule has 26 heavy (non-hydrogen) atoms. The van der Waals surface area contributed by atoms with Gasteiger partial charge >= 0.3 is 18.4 Å². The van der Waals surface area contributed by atoms with E-state index in [-0.39, 0.29) is 28.7 Å². The summed E-state index contributed by atoms with van der Waals surface area (Å²) in [5.41, 5.74) is 1.42. The van der Waals surface area contributed by atoms with Gasteiger partial charge in [-0.05, 0) is 25.1 Å². The standard InChI is InChI=1S/C14H12F6N4O2/c1-2-26-12(25)22-8-5-7(21)3-4-9(8)24-11(14(18,19)20)6-10(23-24)13(15,16)17/h3-6H,2,21H2,1H3,(H,22,25). The maximum Gasteiger partial charge on any atom is 0.435 e. The van der Waals surface area contributed by atoms with E-state index < -0.39 is 35.5 Å². The minimum atomic E-state index is -5.13. The van der Waals surface area contributed by atoms with Crippen LogP contribution in [0.2, 0.25) is 0 Å². The first-order valence-corrected chi connectivity index (χ1v) is 7.01. The molecule has 1 aromatic carbocycles. The summed E-state index contributed by atoms with van der Waals surface area (Å²) in [4.78, 5) is 11.5. The van der Waals surface area contributed by atoms with Gasteiger partial charge in [0.2, 0.25) is 0 Å². The number of carbonyl (C=O) groups is 1. The first-order chi connectivity index (χ1) is 11.9. The van der Waals surface area contributed by atoms with Crippen LogP contribution in [0.3, 0.4) is 0 Å². The van der Waals surface area contributed by atoms with Gasteiger partial charge in [-0.15, -0.1) is 0 Å². The van der Waals surface area contributed by atoms with Crippen LogP contribution in [0, 0.1) is 0 Å². The minimum Gasteiger partial charge on any atom is -0.450 e. The molecule has 0 bridgehead atoms. The van der Waals surface area contributed by atoms with Crippen molar-refractivity contribution < 1.29 is 35.9 Å². The number of carbonyl (C=O) groups excluding carboxylic acids is 1. The lowest BCUT2D eigenvalue weighted by atomic mass is 10.2. The van der Waals surface area contributed by atoms with E-state index in [0.29, 0.717) is 0 Å². The number of alkyl halides is 6. The van der Waals surface area contributed by atoms with Gasteiger partial charge in [0.15, 0.2) is 5.69 Å². The molecule has 0 fully saturated rings. The third-order valence-electron chi connectivity index (χ3n) is 3.05. The lowest BCUT2D eigenvalue weighted by Gasteiger charge is -2.15. The molecular weight excluding hydrogens is 370 g/mol. The van der Waals surface area contributed by atoms with Gasteiger partial charge in [0.1, 0.15) is 5.69 Å². The molecule has 0 aliphatic carbocycles. The van der Waals surface area contributed by atoms with Crippen LogP contribution >= 0.6 is 0 Å². The Hall–Kier alpha value is -2.92. The number of rotatable bonds is 3. The fourth-order valence-electron chi connectivity index (χ4n) is 2.02. The maximum absolute atomic E-state index is 13.2. The van der Waals surface area contributed by atoms with Crippen LogP contribution in [0.1, 0.15) is 18.3 Å². The molecular formula is C14H12F6N4O2. The molecule has 0 radical (unpaired) electrons. The first-order valence-electron chi connectivity index (χ1n) is 7.01. The Labute approximate surface area is 142 Å².